The van der Waals surface area contributed by atoms with Gasteiger partial charge in [0.25, 0.3) is 0 Å². The normalized spacial score (nSPS) is 10.2. The molecular formula is C14H11BrF2N2O. The van der Waals surface area contributed by atoms with E-state index >= 15 is 0 Å². The van der Waals surface area contributed by atoms with Gasteiger partial charge in [-0.05, 0) is 24.3 Å². The van der Waals surface area contributed by atoms with Crippen molar-refractivity contribution in [1.82, 2.24) is 0 Å². The van der Waals surface area contributed by atoms with E-state index in [1.165, 1.54) is 0 Å². The van der Waals surface area contributed by atoms with Crippen LogP contribution in [0.1, 0.15) is 0 Å². The van der Waals surface area contributed by atoms with Crippen molar-refractivity contribution >= 4 is 33.2 Å². The van der Waals surface area contributed by atoms with Crippen LogP contribution < -0.4 is 10.6 Å². The maximum atomic E-state index is 13.5. The number of para-hydroxylation sites is 1. The summed E-state index contributed by atoms with van der Waals surface area (Å²) in [5.74, 6) is -1.91. The maximum absolute atomic E-state index is 13.5. The Morgan fingerprint density at radius 3 is 2.30 bits per heavy atom. The zero-order valence-electron chi connectivity index (χ0n) is 10.3. The van der Waals surface area contributed by atoms with E-state index in [4.69, 9.17) is 0 Å². The highest BCUT2D eigenvalue weighted by Gasteiger charge is 2.11. The Balaban J connectivity index is 1.97. The minimum atomic E-state index is -0.760. The second kappa shape index (κ2) is 6.47. The number of hydrogen-bond acceptors (Lipinski definition) is 2. The number of benzene rings is 2. The Kier molecular flexibility index (Phi) is 4.68. The van der Waals surface area contributed by atoms with Gasteiger partial charge in [0, 0.05) is 10.2 Å². The molecule has 0 saturated heterocycles. The minimum absolute atomic E-state index is 0.232. The van der Waals surface area contributed by atoms with Crippen molar-refractivity contribution in [1.29, 1.82) is 0 Å². The average molecular weight is 341 g/mol. The predicted octanol–water partition coefficient (Wildman–Crippen LogP) is 3.78. The first-order chi connectivity index (χ1) is 9.56. The van der Waals surface area contributed by atoms with Gasteiger partial charge in [-0.3, -0.25) is 4.79 Å². The molecule has 1 amide bonds. The fourth-order valence-electron chi connectivity index (χ4n) is 1.61. The van der Waals surface area contributed by atoms with Crippen LogP contribution in [0.25, 0.3) is 0 Å². The molecule has 0 aliphatic carbocycles. The van der Waals surface area contributed by atoms with Gasteiger partial charge in [0.15, 0.2) is 0 Å². The third-order valence-electron chi connectivity index (χ3n) is 2.49. The Hall–Kier alpha value is -1.95. The van der Waals surface area contributed by atoms with Crippen molar-refractivity contribution < 1.29 is 13.6 Å². The van der Waals surface area contributed by atoms with E-state index in [2.05, 4.69) is 26.6 Å². The van der Waals surface area contributed by atoms with Crippen molar-refractivity contribution in [2.75, 3.05) is 17.2 Å². The van der Waals surface area contributed by atoms with Crippen LogP contribution in [0, 0.1) is 11.6 Å². The second-order valence-electron chi connectivity index (χ2n) is 4.01. The summed E-state index contributed by atoms with van der Waals surface area (Å²) in [7, 11) is 0. The van der Waals surface area contributed by atoms with Gasteiger partial charge in [0.1, 0.15) is 17.3 Å². The molecule has 0 aliphatic rings. The molecule has 0 aliphatic heterocycles. The molecule has 20 heavy (non-hydrogen) atoms. The van der Waals surface area contributed by atoms with Gasteiger partial charge >= 0.3 is 0 Å². The van der Waals surface area contributed by atoms with Crippen LogP contribution in [0.4, 0.5) is 20.2 Å². The number of hydrogen-bond donors (Lipinski definition) is 2. The number of anilines is 2. The largest absolute Gasteiger partial charge is 0.371 e. The van der Waals surface area contributed by atoms with Gasteiger partial charge in [0.2, 0.25) is 5.91 Å². The first kappa shape index (κ1) is 14.5. The molecule has 0 aromatic heterocycles. The molecule has 2 rings (SSSR count). The summed E-state index contributed by atoms with van der Waals surface area (Å²) in [5, 5.41) is 5.05. The lowest BCUT2D eigenvalue weighted by Gasteiger charge is -2.09. The van der Waals surface area contributed by atoms with E-state index in [1.807, 2.05) is 6.07 Å². The van der Waals surface area contributed by atoms with Crippen LogP contribution in [-0.4, -0.2) is 12.5 Å². The number of halogens is 3. The van der Waals surface area contributed by atoms with Crippen molar-refractivity contribution in [2.45, 2.75) is 0 Å². The van der Waals surface area contributed by atoms with Crippen molar-refractivity contribution in [3.63, 3.8) is 0 Å². The van der Waals surface area contributed by atoms with Crippen molar-refractivity contribution in [3.8, 4) is 0 Å². The summed E-state index contributed by atoms with van der Waals surface area (Å²) in [6.07, 6.45) is 0. The summed E-state index contributed by atoms with van der Waals surface area (Å²) in [5.41, 5.74) is 0.299. The molecule has 0 saturated carbocycles. The quantitative estimate of drug-likeness (QED) is 0.889. The van der Waals surface area contributed by atoms with E-state index < -0.39 is 17.5 Å². The van der Waals surface area contributed by atoms with Gasteiger partial charge < -0.3 is 10.6 Å². The highest BCUT2D eigenvalue weighted by atomic mass is 79.9. The molecule has 0 bridgehead atoms. The SMILES string of the molecule is O=C(CNc1c(F)cc(Br)cc1F)Nc1ccccc1. The van der Waals surface area contributed by atoms with Gasteiger partial charge in [-0.15, -0.1) is 0 Å². The molecule has 2 N–H and O–H groups in total. The Bertz CT molecular complexity index is 597. The van der Waals surface area contributed by atoms with Crippen LogP contribution in [-0.2, 0) is 4.79 Å². The molecule has 0 unspecified atom stereocenters. The lowest BCUT2D eigenvalue weighted by atomic mass is 10.3. The van der Waals surface area contributed by atoms with Crippen molar-refractivity contribution in [3.05, 3.63) is 58.6 Å². The summed E-state index contributed by atoms with van der Waals surface area (Å²) in [6.45, 7) is -0.232. The predicted molar refractivity (Wildman–Crippen MR) is 77.6 cm³/mol. The van der Waals surface area contributed by atoms with Crippen LogP contribution in [0.5, 0.6) is 0 Å². The van der Waals surface area contributed by atoms with E-state index in [9.17, 15) is 13.6 Å². The molecule has 104 valence electrons. The lowest BCUT2D eigenvalue weighted by molar-refractivity contribution is -0.114. The third-order valence-corrected chi connectivity index (χ3v) is 2.95. The van der Waals surface area contributed by atoms with Gasteiger partial charge in [-0.25, -0.2) is 8.78 Å². The van der Waals surface area contributed by atoms with E-state index in [1.54, 1.807) is 24.3 Å². The summed E-state index contributed by atoms with van der Waals surface area (Å²) < 4.78 is 27.3. The number of rotatable bonds is 4. The molecule has 0 radical (unpaired) electrons. The zero-order valence-corrected chi connectivity index (χ0v) is 11.9. The van der Waals surface area contributed by atoms with E-state index in [-0.39, 0.29) is 12.2 Å². The third kappa shape index (κ3) is 3.77. The van der Waals surface area contributed by atoms with Crippen LogP contribution in [0.15, 0.2) is 46.9 Å². The molecule has 6 heteroatoms. The number of carbonyl (C=O) groups excluding carboxylic acids is 1. The Labute approximate surface area is 123 Å². The first-order valence-electron chi connectivity index (χ1n) is 5.79. The van der Waals surface area contributed by atoms with Crippen LogP contribution in [0.3, 0.4) is 0 Å². The average Bonchev–Trinajstić information content (AvgIpc) is 2.38. The first-order valence-corrected chi connectivity index (χ1v) is 6.59. The number of nitrogens with one attached hydrogen (secondary N) is 2. The molecule has 0 atom stereocenters. The number of carbonyl (C=O) groups is 1. The molecule has 0 fully saturated rings. The highest BCUT2D eigenvalue weighted by molar-refractivity contribution is 9.10. The van der Waals surface area contributed by atoms with E-state index in [0.29, 0.717) is 10.2 Å². The van der Waals surface area contributed by atoms with Gasteiger partial charge in [-0.1, -0.05) is 34.1 Å². The minimum Gasteiger partial charge on any atom is -0.371 e. The topological polar surface area (TPSA) is 41.1 Å². The fraction of sp³-hybridized carbons (Fsp3) is 0.0714. The summed E-state index contributed by atoms with van der Waals surface area (Å²) >= 11 is 2.98. The molecule has 3 nitrogen and oxygen atoms in total. The highest BCUT2D eigenvalue weighted by Crippen LogP contribution is 2.23. The monoisotopic (exact) mass is 340 g/mol. The standard InChI is InChI=1S/C14H11BrF2N2O/c15-9-6-11(16)14(12(17)7-9)18-8-13(20)19-10-4-2-1-3-5-10/h1-7,18H,8H2,(H,19,20). The Morgan fingerprint density at radius 1 is 1.10 bits per heavy atom. The smallest absolute Gasteiger partial charge is 0.243 e. The van der Waals surface area contributed by atoms with Crippen LogP contribution in [0.2, 0.25) is 0 Å². The van der Waals surface area contributed by atoms with E-state index in [0.717, 1.165) is 12.1 Å². The molecule has 0 heterocycles. The lowest BCUT2D eigenvalue weighted by Crippen LogP contribution is -2.22. The van der Waals surface area contributed by atoms with Gasteiger partial charge in [0.05, 0.1) is 6.54 Å². The fourth-order valence-corrected chi connectivity index (χ4v) is 2.01. The Morgan fingerprint density at radius 2 is 1.70 bits per heavy atom. The summed E-state index contributed by atoms with van der Waals surface area (Å²) in [6, 6.07) is 11.1. The summed E-state index contributed by atoms with van der Waals surface area (Å²) in [4.78, 5) is 11.6. The molecule has 0 spiro atoms. The zero-order chi connectivity index (χ0) is 14.5. The maximum Gasteiger partial charge on any atom is 0.243 e. The molecule has 2 aromatic rings. The van der Waals surface area contributed by atoms with Gasteiger partial charge in [-0.2, -0.15) is 0 Å². The second-order valence-corrected chi connectivity index (χ2v) is 4.93. The van der Waals surface area contributed by atoms with Crippen molar-refractivity contribution in [2.24, 2.45) is 0 Å². The number of amides is 1. The molecular weight excluding hydrogens is 330 g/mol. The van der Waals surface area contributed by atoms with Crippen LogP contribution >= 0.6 is 15.9 Å². The molecule has 2 aromatic carbocycles.